The average molecular weight is 506 g/mol. The van der Waals surface area contributed by atoms with Crippen LogP contribution in [0, 0.1) is 0 Å². The number of pyridine rings is 1. The van der Waals surface area contributed by atoms with E-state index < -0.39 is 0 Å². The Balaban J connectivity index is 1.34. The standard InChI is InChI=1S/C27H31N5OS2/c1-3-18(2)32(17-19-7-5-4-6-8-19)14-11-24(33)31-27-25(20-9-12-29-16-23(20)35-27)26-30-21-15-28-13-10-22(21)34-26/h4-8,10,13,15,18,29H,3,9,11-12,14,16-17H2,1-2H3,(H,31,33). The van der Waals surface area contributed by atoms with Crippen molar-refractivity contribution in [1.29, 1.82) is 0 Å². The van der Waals surface area contributed by atoms with Gasteiger partial charge in [-0.2, -0.15) is 0 Å². The summed E-state index contributed by atoms with van der Waals surface area (Å²) in [5.41, 5.74) is 4.61. The minimum absolute atomic E-state index is 0.0574. The van der Waals surface area contributed by atoms with Gasteiger partial charge in [-0.15, -0.1) is 22.7 Å². The summed E-state index contributed by atoms with van der Waals surface area (Å²) in [4.78, 5) is 26.0. The van der Waals surface area contributed by atoms with Crippen LogP contribution in [0.1, 0.15) is 42.7 Å². The monoisotopic (exact) mass is 505 g/mol. The number of nitrogens with one attached hydrogen (secondary N) is 2. The van der Waals surface area contributed by atoms with E-state index in [4.69, 9.17) is 4.98 Å². The van der Waals surface area contributed by atoms with E-state index in [1.165, 1.54) is 16.0 Å². The molecule has 0 fully saturated rings. The molecule has 0 saturated heterocycles. The lowest BCUT2D eigenvalue weighted by atomic mass is 10.0. The van der Waals surface area contributed by atoms with E-state index in [2.05, 4.69) is 58.6 Å². The van der Waals surface area contributed by atoms with Gasteiger partial charge in [0.2, 0.25) is 5.91 Å². The number of thiophene rings is 1. The molecule has 0 aliphatic carbocycles. The molecule has 2 N–H and O–H groups in total. The van der Waals surface area contributed by atoms with E-state index in [-0.39, 0.29) is 5.91 Å². The van der Waals surface area contributed by atoms with Gasteiger partial charge < -0.3 is 10.6 Å². The number of nitrogens with zero attached hydrogens (tertiary/aromatic N) is 3. The summed E-state index contributed by atoms with van der Waals surface area (Å²) >= 11 is 3.36. The zero-order valence-electron chi connectivity index (χ0n) is 20.2. The van der Waals surface area contributed by atoms with Gasteiger partial charge in [0, 0.05) is 48.7 Å². The third-order valence-electron chi connectivity index (χ3n) is 6.65. The molecule has 0 spiro atoms. The number of rotatable bonds is 9. The summed E-state index contributed by atoms with van der Waals surface area (Å²) in [5, 5.41) is 8.61. The van der Waals surface area contributed by atoms with Gasteiger partial charge in [0.05, 0.1) is 10.9 Å². The molecule has 1 aliphatic rings. The second-order valence-corrected chi connectivity index (χ2v) is 11.1. The topological polar surface area (TPSA) is 70.2 Å². The summed E-state index contributed by atoms with van der Waals surface area (Å²) in [6, 6.07) is 12.9. The highest BCUT2D eigenvalue weighted by Crippen LogP contribution is 2.44. The molecule has 8 heteroatoms. The molecule has 5 rings (SSSR count). The maximum Gasteiger partial charge on any atom is 0.226 e. The largest absolute Gasteiger partial charge is 0.317 e. The van der Waals surface area contributed by atoms with Crippen molar-refractivity contribution >= 4 is 43.8 Å². The number of aromatic nitrogens is 2. The highest BCUT2D eigenvalue weighted by molar-refractivity contribution is 7.22. The molecule has 1 amide bonds. The second kappa shape index (κ2) is 11.0. The number of hydrogen-bond acceptors (Lipinski definition) is 7. The molecule has 6 nitrogen and oxygen atoms in total. The predicted octanol–water partition coefficient (Wildman–Crippen LogP) is 5.69. The first kappa shape index (κ1) is 24.1. The van der Waals surface area contributed by atoms with Crippen LogP contribution < -0.4 is 10.6 Å². The van der Waals surface area contributed by atoms with Crippen LogP contribution in [-0.2, 0) is 24.3 Å². The third-order valence-corrected chi connectivity index (χ3v) is 8.85. The molecule has 0 radical (unpaired) electrons. The molecule has 182 valence electrons. The maximum absolute atomic E-state index is 13.2. The number of thiazole rings is 1. The number of carbonyl (C=O) groups is 1. The molecule has 0 saturated carbocycles. The van der Waals surface area contributed by atoms with E-state index in [0.717, 1.165) is 64.8 Å². The van der Waals surface area contributed by atoms with Crippen LogP contribution in [0.25, 0.3) is 20.8 Å². The van der Waals surface area contributed by atoms with Crippen LogP contribution in [-0.4, -0.2) is 39.9 Å². The summed E-state index contributed by atoms with van der Waals surface area (Å²) in [6.07, 6.45) is 6.07. The van der Waals surface area contributed by atoms with Gasteiger partial charge in [-0.25, -0.2) is 4.98 Å². The first-order valence-electron chi connectivity index (χ1n) is 12.3. The molecular weight excluding hydrogens is 474 g/mol. The van der Waals surface area contributed by atoms with Crippen molar-refractivity contribution in [1.82, 2.24) is 20.2 Å². The predicted molar refractivity (Wildman–Crippen MR) is 146 cm³/mol. The smallest absolute Gasteiger partial charge is 0.226 e. The quantitative estimate of drug-likeness (QED) is 0.306. The normalized spacial score (nSPS) is 14.3. The van der Waals surface area contributed by atoms with Crippen LogP contribution in [0.5, 0.6) is 0 Å². The van der Waals surface area contributed by atoms with E-state index >= 15 is 0 Å². The molecule has 1 aromatic carbocycles. The molecule has 1 unspecified atom stereocenters. The fourth-order valence-corrected chi connectivity index (χ4v) is 6.81. The van der Waals surface area contributed by atoms with E-state index in [0.29, 0.717) is 12.5 Å². The molecule has 1 aliphatic heterocycles. The van der Waals surface area contributed by atoms with Crippen molar-refractivity contribution in [3.05, 3.63) is 64.8 Å². The van der Waals surface area contributed by atoms with Gasteiger partial charge in [-0.1, -0.05) is 37.3 Å². The van der Waals surface area contributed by atoms with Crippen LogP contribution in [0.3, 0.4) is 0 Å². The molecule has 35 heavy (non-hydrogen) atoms. The fourth-order valence-electron chi connectivity index (χ4n) is 4.50. The Morgan fingerprint density at radius 3 is 2.89 bits per heavy atom. The molecule has 0 bridgehead atoms. The van der Waals surface area contributed by atoms with E-state index in [1.807, 2.05) is 18.3 Å². The Morgan fingerprint density at radius 2 is 2.09 bits per heavy atom. The summed E-state index contributed by atoms with van der Waals surface area (Å²) < 4.78 is 1.12. The fraction of sp³-hybridized carbons (Fsp3) is 0.370. The van der Waals surface area contributed by atoms with Gasteiger partial charge in [0.1, 0.15) is 15.5 Å². The Hall–Kier alpha value is -2.65. The number of fused-ring (bicyclic) bond motifs is 2. The summed E-state index contributed by atoms with van der Waals surface area (Å²) in [5.74, 6) is 0.0574. The van der Waals surface area contributed by atoms with Crippen molar-refractivity contribution in [3.8, 4) is 10.6 Å². The zero-order valence-corrected chi connectivity index (χ0v) is 21.8. The first-order valence-corrected chi connectivity index (χ1v) is 13.9. The molecule has 3 aromatic heterocycles. The maximum atomic E-state index is 13.2. The zero-order chi connectivity index (χ0) is 24.2. The van der Waals surface area contributed by atoms with E-state index in [9.17, 15) is 4.79 Å². The van der Waals surface area contributed by atoms with Gasteiger partial charge >= 0.3 is 0 Å². The SMILES string of the molecule is CCC(C)N(CCC(=O)Nc1sc2c(c1-c1nc3cnccc3s1)CCNC2)Cc1ccccc1. The summed E-state index contributed by atoms with van der Waals surface area (Å²) in [6.45, 7) is 7.81. The minimum atomic E-state index is 0.0574. The molecule has 1 atom stereocenters. The van der Waals surface area contributed by atoms with Crippen molar-refractivity contribution < 1.29 is 4.79 Å². The van der Waals surface area contributed by atoms with Gasteiger partial charge in [-0.05, 0) is 43.5 Å². The van der Waals surface area contributed by atoms with Crippen LogP contribution in [0.2, 0.25) is 0 Å². The van der Waals surface area contributed by atoms with Crippen molar-refractivity contribution in [3.63, 3.8) is 0 Å². The number of anilines is 1. The van der Waals surface area contributed by atoms with Crippen LogP contribution >= 0.6 is 22.7 Å². The third kappa shape index (κ3) is 5.46. The number of carbonyl (C=O) groups excluding carboxylic acids is 1. The van der Waals surface area contributed by atoms with Crippen molar-refractivity contribution in [2.75, 3.05) is 18.4 Å². The Bertz CT molecular complexity index is 1270. The number of amides is 1. The van der Waals surface area contributed by atoms with Crippen molar-refractivity contribution in [2.45, 2.75) is 52.2 Å². The van der Waals surface area contributed by atoms with Crippen LogP contribution in [0.15, 0.2) is 48.8 Å². The van der Waals surface area contributed by atoms with E-state index in [1.54, 1.807) is 28.9 Å². The Labute approximate surface area is 214 Å². The minimum Gasteiger partial charge on any atom is -0.317 e. The molecular formula is C27H31N5OS2. The second-order valence-electron chi connectivity index (χ2n) is 9.01. The van der Waals surface area contributed by atoms with Crippen molar-refractivity contribution in [2.24, 2.45) is 0 Å². The highest BCUT2D eigenvalue weighted by Gasteiger charge is 2.25. The highest BCUT2D eigenvalue weighted by atomic mass is 32.1. The summed E-state index contributed by atoms with van der Waals surface area (Å²) in [7, 11) is 0. The Morgan fingerprint density at radius 1 is 1.23 bits per heavy atom. The average Bonchev–Trinajstić information content (AvgIpc) is 3.47. The Kier molecular flexibility index (Phi) is 7.53. The molecule has 4 heterocycles. The molecule has 4 aromatic rings. The van der Waals surface area contributed by atoms with Gasteiger partial charge in [-0.3, -0.25) is 14.7 Å². The lowest BCUT2D eigenvalue weighted by molar-refractivity contribution is -0.116. The first-order chi connectivity index (χ1) is 17.1. The van der Waals surface area contributed by atoms with Gasteiger partial charge in [0.25, 0.3) is 0 Å². The lowest BCUT2D eigenvalue weighted by Crippen LogP contribution is -2.34. The van der Waals surface area contributed by atoms with Crippen LogP contribution in [0.4, 0.5) is 5.00 Å². The number of benzene rings is 1. The van der Waals surface area contributed by atoms with Gasteiger partial charge in [0.15, 0.2) is 0 Å². The number of hydrogen-bond donors (Lipinski definition) is 2. The lowest BCUT2D eigenvalue weighted by Gasteiger charge is -2.28.